The Kier molecular flexibility index (Phi) is 9.12. The van der Waals surface area contributed by atoms with Crippen LogP contribution in [-0.2, 0) is 19.1 Å². The van der Waals surface area contributed by atoms with Crippen LogP contribution in [0.2, 0.25) is 0 Å². The van der Waals surface area contributed by atoms with Crippen molar-refractivity contribution in [3.05, 3.63) is 159 Å². The Morgan fingerprint density at radius 2 is 1.06 bits per heavy atom. The summed E-state index contributed by atoms with van der Waals surface area (Å²) < 4.78 is 10.7. The fourth-order valence-electron chi connectivity index (χ4n) is 6.26. The Bertz CT molecular complexity index is 2110. The molecule has 49 heavy (non-hydrogen) atoms. The maximum atomic E-state index is 15.0. The highest BCUT2D eigenvalue weighted by Crippen LogP contribution is 2.45. The summed E-state index contributed by atoms with van der Waals surface area (Å²) in [6, 6.07) is 30.0. The molecule has 0 aliphatic carbocycles. The lowest BCUT2D eigenvalue weighted by Gasteiger charge is -2.32. The van der Waals surface area contributed by atoms with E-state index >= 15 is 0 Å². The van der Waals surface area contributed by atoms with Crippen LogP contribution in [0.1, 0.15) is 46.0 Å². The lowest BCUT2D eigenvalue weighted by atomic mass is 9.73. The van der Waals surface area contributed by atoms with Gasteiger partial charge in [-0.3, -0.25) is 19.7 Å². The number of hydrogen-bond acceptors (Lipinski definition) is 9. The monoisotopic (exact) mass is 654 g/mol. The lowest BCUT2D eigenvalue weighted by Crippen LogP contribution is -2.39. The molecule has 6 rings (SSSR count). The molecule has 0 atom stereocenters. The number of ether oxygens (including phenoxy) is 2. The molecule has 244 valence electrons. The van der Waals surface area contributed by atoms with Crippen molar-refractivity contribution in [3.8, 4) is 0 Å². The number of esters is 2. The van der Waals surface area contributed by atoms with Gasteiger partial charge in [-0.1, -0.05) is 103 Å². The number of nitrogens with zero attached hydrogens (tertiary/aromatic N) is 1. The first-order valence-corrected chi connectivity index (χ1v) is 15.6. The van der Waals surface area contributed by atoms with Crippen LogP contribution in [0.4, 0.5) is 5.69 Å². The molecule has 0 saturated carbocycles. The summed E-state index contributed by atoms with van der Waals surface area (Å²) in [7, 11) is 0. The van der Waals surface area contributed by atoms with E-state index in [0.717, 1.165) is 10.8 Å². The predicted molar refractivity (Wildman–Crippen MR) is 183 cm³/mol. The molecule has 0 unspecified atom stereocenters. The number of nitro groups is 1. The fourth-order valence-corrected chi connectivity index (χ4v) is 6.26. The number of rotatable bonds is 10. The Morgan fingerprint density at radius 1 is 0.633 bits per heavy atom. The Hall–Kier alpha value is -6.42. The third kappa shape index (κ3) is 5.96. The predicted octanol–water partition coefficient (Wildman–Crippen LogP) is 6.99. The minimum atomic E-state index is -1.58. The van der Waals surface area contributed by atoms with E-state index in [9.17, 15) is 29.3 Å². The smallest absolute Gasteiger partial charge is 0.355 e. The van der Waals surface area contributed by atoms with Gasteiger partial charge >= 0.3 is 11.9 Å². The largest absolute Gasteiger partial charge is 0.461 e. The average molecular weight is 655 g/mol. The van der Waals surface area contributed by atoms with Gasteiger partial charge in [-0.15, -0.1) is 0 Å². The standard InChI is InChI=1S/C39H30N2O8/c1-3-48-38(44)34-32(36(42)27-20-11-15-23-13-5-7-17-25(23)27)31(29-19-9-10-22-30(29)41(46)47)33(35(40-34)39(45)49-4-2)37(43)28-21-12-16-24-14-6-8-18-26(24)28/h5-22,31,40H,3-4H2,1-2H3. The molecule has 0 fully saturated rings. The summed E-state index contributed by atoms with van der Waals surface area (Å²) >= 11 is 0. The molecule has 5 aromatic carbocycles. The molecule has 10 heteroatoms. The molecular formula is C39H30N2O8. The Morgan fingerprint density at radius 3 is 1.53 bits per heavy atom. The summed E-state index contributed by atoms with van der Waals surface area (Å²) in [5.74, 6) is -4.95. The zero-order valence-corrected chi connectivity index (χ0v) is 26.6. The molecule has 0 saturated heterocycles. The molecule has 1 N–H and O–H groups in total. The van der Waals surface area contributed by atoms with E-state index in [1.165, 1.54) is 24.3 Å². The number of carbonyl (C=O) groups is 4. The van der Waals surface area contributed by atoms with Gasteiger partial charge in [-0.05, 0) is 35.4 Å². The number of para-hydroxylation sites is 1. The minimum absolute atomic E-state index is 0.0789. The summed E-state index contributed by atoms with van der Waals surface area (Å²) in [6.45, 7) is 2.97. The summed E-state index contributed by atoms with van der Waals surface area (Å²) in [6.07, 6.45) is 0. The minimum Gasteiger partial charge on any atom is -0.461 e. The molecule has 0 bridgehead atoms. The third-order valence-corrected chi connectivity index (χ3v) is 8.33. The Balaban J connectivity index is 1.73. The van der Waals surface area contributed by atoms with Crippen molar-refractivity contribution in [1.29, 1.82) is 0 Å². The van der Waals surface area contributed by atoms with Gasteiger partial charge in [0.15, 0.2) is 11.6 Å². The number of ketones is 2. The first-order chi connectivity index (χ1) is 23.8. The van der Waals surface area contributed by atoms with Gasteiger partial charge < -0.3 is 14.8 Å². The van der Waals surface area contributed by atoms with Crippen molar-refractivity contribution < 1.29 is 33.6 Å². The first-order valence-electron chi connectivity index (χ1n) is 15.6. The number of hydrogen-bond donors (Lipinski definition) is 1. The van der Waals surface area contributed by atoms with E-state index < -0.39 is 51.4 Å². The molecule has 5 aromatic rings. The van der Waals surface area contributed by atoms with Crippen molar-refractivity contribution in [2.75, 3.05) is 13.2 Å². The van der Waals surface area contributed by atoms with Crippen LogP contribution < -0.4 is 5.32 Å². The van der Waals surface area contributed by atoms with E-state index in [2.05, 4.69) is 5.32 Å². The second-order valence-corrected chi connectivity index (χ2v) is 11.1. The number of dihydropyridines is 1. The zero-order valence-electron chi connectivity index (χ0n) is 26.6. The lowest BCUT2D eigenvalue weighted by molar-refractivity contribution is -0.385. The van der Waals surface area contributed by atoms with E-state index in [1.807, 2.05) is 36.4 Å². The fraction of sp³-hybridized carbons (Fsp3) is 0.128. The number of fused-ring (bicyclic) bond motifs is 2. The highest BCUT2D eigenvalue weighted by atomic mass is 16.6. The quantitative estimate of drug-likeness (QED) is 0.0730. The van der Waals surface area contributed by atoms with Gasteiger partial charge in [0.05, 0.1) is 24.1 Å². The van der Waals surface area contributed by atoms with Crippen LogP contribution in [0.15, 0.2) is 132 Å². The first kappa shape index (κ1) is 32.5. The maximum absolute atomic E-state index is 15.0. The van der Waals surface area contributed by atoms with Crippen molar-refractivity contribution in [3.63, 3.8) is 0 Å². The van der Waals surface area contributed by atoms with Crippen LogP contribution in [0, 0.1) is 10.1 Å². The number of nitro benzene ring substituents is 1. The van der Waals surface area contributed by atoms with Crippen LogP contribution in [-0.4, -0.2) is 41.6 Å². The van der Waals surface area contributed by atoms with E-state index in [1.54, 1.807) is 62.4 Å². The summed E-state index contributed by atoms with van der Waals surface area (Å²) in [5, 5.41) is 17.9. The van der Waals surface area contributed by atoms with Crippen LogP contribution in [0.25, 0.3) is 21.5 Å². The molecule has 1 heterocycles. The van der Waals surface area contributed by atoms with Gasteiger partial charge in [-0.25, -0.2) is 9.59 Å². The molecule has 0 radical (unpaired) electrons. The SMILES string of the molecule is CCOC(=O)C1=C(C(=O)c2cccc3ccccc23)C(c2ccccc2[N+](=O)[O-])C(C(=O)c2cccc3ccccc23)=C(C(=O)OCC)N1. The zero-order chi connectivity index (χ0) is 34.7. The summed E-state index contributed by atoms with van der Waals surface area (Å²) in [5.41, 5.74) is -1.59. The van der Waals surface area contributed by atoms with Crippen LogP contribution in [0.5, 0.6) is 0 Å². The number of benzene rings is 5. The number of allylic oxidation sites excluding steroid dienone is 2. The number of nitrogens with one attached hydrogen (secondary N) is 1. The van der Waals surface area contributed by atoms with Crippen molar-refractivity contribution >= 4 is 50.7 Å². The molecule has 1 aliphatic heterocycles. The number of carbonyl (C=O) groups excluding carboxylic acids is 4. The van der Waals surface area contributed by atoms with Crippen molar-refractivity contribution in [1.82, 2.24) is 5.32 Å². The van der Waals surface area contributed by atoms with E-state index in [-0.39, 0.29) is 41.1 Å². The second kappa shape index (κ2) is 13.7. The van der Waals surface area contributed by atoms with E-state index in [4.69, 9.17) is 9.47 Å². The van der Waals surface area contributed by atoms with Gasteiger partial charge in [0.25, 0.3) is 5.69 Å². The molecular weight excluding hydrogens is 624 g/mol. The van der Waals surface area contributed by atoms with Gasteiger partial charge in [0.2, 0.25) is 0 Å². The summed E-state index contributed by atoms with van der Waals surface area (Å²) in [4.78, 5) is 69.4. The molecule has 1 aliphatic rings. The van der Waals surface area contributed by atoms with Gasteiger partial charge in [0.1, 0.15) is 11.4 Å². The Labute approximate surface area is 280 Å². The van der Waals surface area contributed by atoms with Gasteiger partial charge in [-0.2, -0.15) is 0 Å². The van der Waals surface area contributed by atoms with Crippen LogP contribution in [0.3, 0.4) is 0 Å². The normalized spacial score (nSPS) is 13.3. The molecule has 0 aromatic heterocycles. The van der Waals surface area contributed by atoms with Gasteiger partial charge in [0, 0.05) is 33.9 Å². The molecule has 0 spiro atoms. The molecule has 0 amide bonds. The van der Waals surface area contributed by atoms with Crippen LogP contribution >= 0.6 is 0 Å². The highest BCUT2D eigenvalue weighted by molar-refractivity contribution is 6.25. The third-order valence-electron chi connectivity index (χ3n) is 8.33. The molecule has 10 nitrogen and oxygen atoms in total. The maximum Gasteiger partial charge on any atom is 0.355 e. The highest BCUT2D eigenvalue weighted by Gasteiger charge is 2.45. The van der Waals surface area contributed by atoms with Crippen molar-refractivity contribution in [2.24, 2.45) is 0 Å². The number of Topliss-reactive ketones (excluding diaryl/α,β-unsaturated/α-hetero) is 2. The second-order valence-electron chi connectivity index (χ2n) is 11.1. The van der Waals surface area contributed by atoms with Crippen molar-refractivity contribution in [2.45, 2.75) is 19.8 Å². The van der Waals surface area contributed by atoms with E-state index in [0.29, 0.717) is 10.8 Å². The topological polar surface area (TPSA) is 142 Å². The average Bonchev–Trinajstić information content (AvgIpc) is 3.13.